The summed E-state index contributed by atoms with van der Waals surface area (Å²) in [7, 11) is -3.29. The number of likely N-dealkylation sites (tertiary alicyclic amines) is 1. The number of carbonyl (C=O) groups is 1. The summed E-state index contributed by atoms with van der Waals surface area (Å²) in [5, 5.41) is 0. The van der Waals surface area contributed by atoms with E-state index in [0.717, 1.165) is 17.4 Å². The van der Waals surface area contributed by atoms with Gasteiger partial charge < -0.3 is 4.90 Å². The van der Waals surface area contributed by atoms with Crippen molar-refractivity contribution in [1.29, 1.82) is 0 Å². The highest BCUT2D eigenvalue weighted by Gasteiger charge is 2.47. The van der Waals surface area contributed by atoms with E-state index in [1.54, 1.807) is 17.2 Å². The van der Waals surface area contributed by atoms with Crippen molar-refractivity contribution in [1.82, 2.24) is 14.6 Å². The number of nitrogens with one attached hydrogen (secondary N) is 1. The van der Waals surface area contributed by atoms with Gasteiger partial charge >= 0.3 is 0 Å². The van der Waals surface area contributed by atoms with Crippen molar-refractivity contribution in [3.05, 3.63) is 54.0 Å². The van der Waals surface area contributed by atoms with Gasteiger partial charge in [-0.1, -0.05) is 24.3 Å². The molecule has 6 nitrogen and oxygen atoms in total. The first-order valence-electron chi connectivity index (χ1n) is 9.29. The average Bonchev–Trinajstić information content (AvgIpc) is 3.32. The van der Waals surface area contributed by atoms with Gasteiger partial charge in [-0.25, -0.2) is 17.5 Å². The van der Waals surface area contributed by atoms with Crippen LogP contribution in [0.4, 0.5) is 4.39 Å². The van der Waals surface area contributed by atoms with E-state index in [9.17, 15) is 17.6 Å². The summed E-state index contributed by atoms with van der Waals surface area (Å²) in [5.74, 6) is -0.455. The first kappa shape index (κ1) is 19.0. The van der Waals surface area contributed by atoms with Crippen molar-refractivity contribution >= 4 is 15.9 Å². The number of pyridine rings is 1. The Hall–Kier alpha value is -2.32. The standard InChI is InChI=1S/C20H22FN3O3S/c1-28(26,27)23-13-8-10-24(12-13)20(25)17-11-16(17)14-5-2-3-6-15(14)19-18(21)7-4-9-22-19/h2-7,9,13,16-17,23H,8,10-12H2,1H3. The van der Waals surface area contributed by atoms with Crippen LogP contribution in [0, 0.1) is 11.7 Å². The van der Waals surface area contributed by atoms with E-state index in [0.29, 0.717) is 31.6 Å². The molecule has 148 valence electrons. The molecule has 1 N–H and O–H groups in total. The van der Waals surface area contributed by atoms with Gasteiger partial charge in [0.15, 0.2) is 0 Å². The molecule has 2 aliphatic rings. The van der Waals surface area contributed by atoms with Crippen LogP contribution >= 0.6 is 0 Å². The van der Waals surface area contributed by atoms with Gasteiger partial charge in [0, 0.05) is 36.8 Å². The first-order valence-corrected chi connectivity index (χ1v) is 11.2. The number of hydrogen-bond acceptors (Lipinski definition) is 4. The van der Waals surface area contributed by atoms with Crippen LogP contribution in [-0.4, -0.2) is 49.6 Å². The van der Waals surface area contributed by atoms with Crippen molar-refractivity contribution in [2.24, 2.45) is 5.92 Å². The molecule has 3 unspecified atom stereocenters. The molecule has 1 aliphatic heterocycles. The van der Waals surface area contributed by atoms with Gasteiger partial charge in [0.05, 0.1) is 6.26 Å². The summed E-state index contributed by atoms with van der Waals surface area (Å²) in [4.78, 5) is 18.8. The number of nitrogens with zero attached hydrogens (tertiary/aromatic N) is 2. The van der Waals surface area contributed by atoms with Crippen LogP contribution in [0.5, 0.6) is 0 Å². The normalized spacial score (nSPS) is 24.4. The molecular formula is C20H22FN3O3S. The first-order chi connectivity index (χ1) is 13.3. The summed E-state index contributed by atoms with van der Waals surface area (Å²) in [6, 6.07) is 10.2. The molecule has 2 aromatic rings. The van der Waals surface area contributed by atoms with Gasteiger partial charge in [0.2, 0.25) is 15.9 Å². The SMILES string of the molecule is CS(=O)(=O)NC1CCN(C(=O)C2CC2c2ccccc2-c2ncccc2F)C1. The van der Waals surface area contributed by atoms with Crippen molar-refractivity contribution in [2.45, 2.75) is 24.8 Å². The molecule has 2 fully saturated rings. The fraction of sp³-hybridized carbons (Fsp3) is 0.400. The zero-order valence-electron chi connectivity index (χ0n) is 15.5. The number of sulfonamides is 1. The zero-order chi connectivity index (χ0) is 19.9. The Balaban J connectivity index is 1.48. The molecule has 28 heavy (non-hydrogen) atoms. The van der Waals surface area contributed by atoms with E-state index in [-0.39, 0.29) is 29.6 Å². The second-order valence-corrected chi connectivity index (χ2v) is 9.31. The molecule has 0 radical (unpaired) electrons. The van der Waals surface area contributed by atoms with E-state index in [4.69, 9.17) is 0 Å². The lowest BCUT2D eigenvalue weighted by Crippen LogP contribution is -2.38. The number of carbonyl (C=O) groups excluding carboxylic acids is 1. The Bertz CT molecular complexity index is 1010. The summed E-state index contributed by atoms with van der Waals surface area (Å²) in [6.07, 6.45) is 4.02. The third-order valence-corrected chi connectivity index (χ3v) is 6.12. The predicted molar refractivity (Wildman–Crippen MR) is 103 cm³/mol. The second-order valence-electron chi connectivity index (χ2n) is 7.53. The lowest BCUT2D eigenvalue weighted by molar-refractivity contribution is -0.131. The number of hydrogen-bond donors (Lipinski definition) is 1. The third-order valence-electron chi connectivity index (χ3n) is 5.36. The Morgan fingerprint density at radius 3 is 2.79 bits per heavy atom. The molecule has 4 rings (SSSR count). The molecule has 1 amide bonds. The average molecular weight is 403 g/mol. The van der Waals surface area contributed by atoms with Crippen LogP contribution in [0.3, 0.4) is 0 Å². The van der Waals surface area contributed by atoms with Gasteiger partial charge in [0.1, 0.15) is 11.5 Å². The summed E-state index contributed by atoms with van der Waals surface area (Å²) in [6.45, 7) is 0.942. The minimum Gasteiger partial charge on any atom is -0.341 e. The highest BCUT2D eigenvalue weighted by molar-refractivity contribution is 7.88. The van der Waals surface area contributed by atoms with Crippen molar-refractivity contribution < 1.29 is 17.6 Å². The van der Waals surface area contributed by atoms with E-state index < -0.39 is 10.0 Å². The van der Waals surface area contributed by atoms with Gasteiger partial charge in [-0.2, -0.15) is 0 Å². The number of benzene rings is 1. The molecule has 1 saturated carbocycles. The fourth-order valence-electron chi connectivity index (χ4n) is 4.03. The number of rotatable bonds is 5. The summed E-state index contributed by atoms with van der Waals surface area (Å²) in [5.41, 5.74) is 1.96. The minimum atomic E-state index is -3.29. The van der Waals surface area contributed by atoms with Crippen LogP contribution in [0.1, 0.15) is 24.3 Å². The quantitative estimate of drug-likeness (QED) is 0.830. The van der Waals surface area contributed by atoms with Gasteiger partial charge in [0.25, 0.3) is 0 Å². The molecule has 3 atom stereocenters. The molecule has 1 saturated heterocycles. The molecule has 0 bridgehead atoms. The van der Waals surface area contributed by atoms with E-state index in [1.165, 1.54) is 6.07 Å². The zero-order valence-corrected chi connectivity index (χ0v) is 16.3. The summed E-state index contributed by atoms with van der Waals surface area (Å²) < 4.78 is 39.6. The predicted octanol–water partition coefficient (Wildman–Crippen LogP) is 2.14. The van der Waals surface area contributed by atoms with Crippen molar-refractivity contribution in [3.63, 3.8) is 0 Å². The molecule has 1 aliphatic carbocycles. The molecular weight excluding hydrogens is 381 g/mol. The lowest BCUT2D eigenvalue weighted by Gasteiger charge is -2.17. The minimum absolute atomic E-state index is 0.0343. The van der Waals surface area contributed by atoms with Crippen molar-refractivity contribution in [3.8, 4) is 11.3 Å². The Morgan fingerprint density at radius 1 is 1.25 bits per heavy atom. The smallest absolute Gasteiger partial charge is 0.226 e. The summed E-state index contributed by atoms with van der Waals surface area (Å²) >= 11 is 0. The van der Waals surface area contributed by atoms with Gasteiger partial charge in [-0.15, -0.1) is 0 Å². The Morgan fingerprint density at radius 2 is 2.04 bits per heavy atom. The van der Waals surface area contributed by atoms with E-state index in [1.807, 2.05) is 24.3 Å². The number of halogens is 1. The van der Waals surface area contributed by atoms with Gasteiger partial charge in [-0.05, 0) is 36.5 Å². The van der Waals surface area contributed by atoms with Crippen LogP contribution in [0.25, 0.3) is 11.3 Å². The van der Waals surface area contributed by atoms with Crippen LogP contribution in [-0.2, 0) is 14.8 Å². The highest BCUT2D eigenvalue weighted by atomic mass is 32.2. The van der Waals surface area contributed by atoms with Gasteiger partial charge in [-0.3, -0.25) is 9.78 Å². The molecule has 1 aromatic heterocycles. The Labute approximate surface area is 163 Å². The van der Waals surface area contributed by atoms with Crippen LogP contribution in [0.2, 0.25) is 0 Å². The highest BCUT2D eigenvalue weighted by Crippen LogP contribution is 2.51. The van der Waals surface area contributed by atoms with Crippen LogP contribution < -0.4 is 4.72 Å². The third kappa shape index (κ3) is 3.93. The topological polar surface area (TPSA) is 79.4 Å². The fourth-order valence-corrected chi connectivity index (χ4v) is 4.82. The molecule has 0 spiro atoms. The molecule has 2 heterocycles. The number of amides is 1. The van der Waals surface area contributed by atoms with Crippen molar-refractivity contribution in [2.75, 3.05) is 19.3 Å². The maximum atomic E-state index is 14.2. The monoisotopic (exact) mass is 403 g/mol. The number of aromatic nitrogens is 1. The maximum Gasteiger partial charge on any atom is 0.226 e. The Kier molecular flexibility index (Phi) is 4.93. The molecule has 1 aromatic carbocycles. The van der Waals surface area contributed by atoms with Crippen LogP contribution in [0.15, 0.2) is 42.6 Å². The molecule has 8 heteroatoms. The van der Waals surface area contributed by atoms with E-state index in [2.05, 4.69) is 9.71 Å². The lowest BCUT2D eigenvalue weighted by atomic mass is 9.98. The van der Waals surface area contributed by atoms with E-state index >= 15 is 0 Å². The maximum absolute atomic E-state index is 14.2. The second kappa shape index (κ2) is 7.25. The largest absolute Gasteiger partial charge is 0.341 e.